The quantitative estimate of drug-likeness (QED) is 0.829. The third kappa shape index (κ3) is 3.79. The summed E-state index contributed by atoms with van der Waals surface area (Å²) in [5.41, 5.74) is 1.70. The Morgan fingerprint density at radius 1 is 1.24 bits per heavy atom. The molecule has 8 heteroatoms. The smallest absolute Gasteiger partial charge is 0.213 e. The van der Waals surface area contributed by atoms with Crippen LogP contribution in [-0.4, -0.2) is 38.0 Å². The molecule has 6 nitrogen and oxygen atoms in total. The monoisotopic (exact) mass is 278 g/mol. The Balaban J connectivity index is 2.68. The van der Waals surface area contributed by atoms with E-state index in [0.29, 0.717) is 11.0 Å². The third-order valence-corrected chi connectivity index (χ3v) is 4.16. The van der Waals surface area contributed by atoms with E-state index in [2.05, 4.69) is 20.2 Å². The van der Waals surface area contributed by atoms with Crippen molar-refractivity contribution >= 4 is 27.4 Å². The highest BCUT2D eigenvalue weighted by Gasteiger charge is 2.10. The average molecular weight is 279 g/mol. The SMILES string of the molecule is CNS(=O)(=O)CCNc1nnc(Cl)c(C)c1C. The molecule has 2 N–H and O–H groups in total. The van der Waals surface area contributed by atoms with Crippen LogP contribution in [0.4, 0.5) is 5.82 Å². The Kier molecular flexibility index (Phi) is 4.67. The van der Waals surface area contributed by atoms with Crippen LogP contribution in [0, 0.1) is 13.8 Å². The van der Waals surface area contributed by atoms with Crippen molar-refractivity contribution in [3.63, 3.8) is 0 Å². The number of hydrogen-bond acceptors (Lipinski definition) is 5. The van der Waals surface area contributed by atoms with Gasteiger partial charge < -0.3 is 5.32 Å². The van der Waals surface area contributed by atoms with Crippen LogP contribution in [0.1, 0.15) is 11.1 Å². The summed E-state index contributed by atoms with van der Waals surface area (Å²) in [6.45, 7) is 3.95. The molecule has 17 heavy (non-hydrogen) atoms. The number of sulfonamides is 1. The molecule has 0 atom stereocenters. The number of halogens is 1. The Morgan fingerprint density at radius 3 is 2.47 bits per heavy atom. The third-order valence-electron chi connectivity index (χ3n) is 2.44. The summed E-state index contributed by atoms with van der Waals surface area (Å²) in [5.74, 6) is 0.532. The van der Waals surface area contributed by atoms with Gasteiger partial charge in [-0.1, -0.05) is 11.6 Å². The lowest BCUT2D eigenvalue weighted by atomic mass is 10.2. The van der Waals surface area contributed by atoms with Crippen molar-refractivity contribution < 1.29 is 8.42 Å². The molecular formula is C9H15ClN4O2S. The normalized spacial score (nSPS) is 11.5. The van der Waals surface area contributed by atoms with Crippen molar-refractivity contribution in [3.05, 3.63) is 16.3 Å². The first-order chi connectivity index (χ1) is 7.87. The molecular weight excluding hydrogens is 264 g/mol. The van der Waals surface area contributed by atoms with E-state index in [1.54, 1.807) is 0 Å². The second kappa shape index (κ2) is 5.61. The minimum absolute atomic E-state index is 0.0215. The van der Waals surface area contributed by atoms with Gasteiger partial charge in [0.25, 0.3) is 0 Å². The van der Waals surface area contributed by atoms with Crippen molar-refractivity contribution in [1.82, 2.24) is 14.9 Å². The van der Waals surface area contributed by atoms with Gasteiger partial charge >= 0.3 is 0 Å². The number of hydrogen-bond donors (Lipinski definition) is 2. The van der Waals surface area contributed by atoms with Gasteiger partial charge in [-0.25, -0.2) is 13.1 Å². The molecule has 0 bridgehead atoms. The number of anilines is 1. The molecule has 0 unspecified atom stereocenters. The predicted octanol–water partition coefficient (Wildman–Crippen LogP) is 0.708. The zero-order chi connectivity index (χ0) is 13.1. The molecule has 0 saturated heterocycles. The molecule has 0 aliphatic heterocycles. The fourth-order valence-electron chi connectivity index (χ4n) is 1.15. The van der Waals surface area contributed by atoms with Crippen LogP contribution in [0.2, 0.25) is 5.15 Å². The maximum Gasteiger partial charge on any atom is 0.213 e. The highest BCUT2D eigenvalue weighted by molar-refractivity contribution is 7.89. The van der Waals surface area contributed by atoms with Crippen LogP contribution in [0.3, 0.4) is 0 Å². The summed E-state index contributed by atoms with van der Waals surface area (Å²) in [6.07, 6.45) is 0. The molecule has 0 aliphatic rings. The standard InChI is InChI=1S/C9H15ClN4O2S/c1-6-7(2)9(14-13-8(6)10)12-4-5-17(15,16)11-3/h11H,4-5H2,1-3H3,(H,12,14). The number of nitrogens with zero attached hydrogens (tertiary/aromatic N) is 2. The largest absolute Gasteiger partial charge is 0.367 e. The van der Waals surface area contributed by atoms with Crippen molar-refractivity contribution in [1.29, 1.82) is 0 Å². The van der Waals surface area contributed by atoms with Gasteiger partial charge in [0.15, 0.2) is 11.0 Å². The lowest BCUT2D eigenvalue weighted by Crippen LogP contribution is -2.26. The van der Waals surface area contributed by atoms with Gasteiger partial charge in [0.1, 0.15) is 0 Å². The van der Waals surface area contributed by atoms with E-state index in [9.17, 15) is 8.42 Å². The lowest BCUT2D eigenvalue weighted by Gasteiger charge is -2.10. The molecule has 96 valence electrons. The van der Waals surface area contributed by atoms with Crippen LogP contribution in [0.25, 0.3) is 0 Å². The van der Waals surface area contributed by atoms with Crippen LogP contribution >= 0.6 is 11.6 Å². The molecule has 1 rings (SSSR count). The molecule has 1 aromatic heterocycles. The van der Waals surface area contributed by atoms with Gasteiger partial charge in [-0.2, -0.15) is 0 Å². The van der Waals surface area contributed by atoms with Gasteiger partial charge in [-0.05, 0) is 32.0 Å². The van der Waals surface area contributed by atoms with E-state index in [1.807, 2.05) is 13.8 Å². The van der Waals surface area contributed by atoms with E-state index in [4.69, 9.17) is 11.6 Å². The van der Waals surface area contributed by atoms with Crippen molar-refractivity contribution in [2.75, 3.05) is 24.7 Å². The Morgan fingerprint density at radius 2 is 1.88 bits per heavy atom. The van der Waals surface area contributed by atoms with E-state index < -0.39 is 10.0 Å². The number of rotatable bonds is 5. The molecule has 0 spiro atoms. The first-order valence-electron chi connectivity index (χ1n) is 5.02. The molecule has 0 radical (unpaired) electrons. The number of aromatic nitrogens is 2. The summed E-state index contributed by atoms with van der Waals surface area (Å²) in [6, 6.07) is 0. The van der Waals surface area contributed by atoms with E-state index in [0.717, 1.165) is 11.1 Å². The average Bonchev–Trinajstić information content (AvgIpc) is 2.29. The Bertz CT molecular complexity index is 504. The number of nitrogens with one attached hydrogen (secondary N) is 2. The summed E-state index contributed by atoms with van der Waals surface area (Å²) in [5, 5.41) is 10.9. The fraction of sp³-hybridized carbons (Fsp3) is 0.556. The van der Waals surface area contributed by atoms with Gasteiger partial charge in [0, 0.05) is 6.54 Å². The minimum atomic E-state index is -3.21. The van der Waals surface area contributed by atoms with Gasteiger partial charge in [-0.3, -0.25) is 0 Å². The van der Waals surface area contributed by atoms with Gasteiger partial charge in [0.05, 0.1) is 5.75 Å². The summed E-state index contributed by atoms with van der Waals surface area (Å²) < 4.78 is 24.6. The fourth-order valence-corrected chi connectivity index (χ4v) is 1.90. The molecule has 0 aliphatic carbocycles. The minimum Gasteiger partial charge on any atom is -0.367 e. The summed E-state index contributed by atoms with van der Waals surface area (Å²) in [4.78, 5) is 0. The Labute approximate surface area is 106 Å². The van der Waals surface area contributed by atoms with Crippen molar-refractivity contribution in [3.8, 4) is 0 Å². The topological polar surface area (TPSA) is 84.0 Å². The molecule has 0 amide bonds. The summed E-state index contributed by atoms with van der Waals surface area (Å²) >= 11 is 5.81. The first-order valence-corrected chi connectivity index (χ1v) is 7.05. The molecule has 1 heterocycles. The highest BCUT2D eigenvalue weighted by Crippen LogP contribution is 2.20. The van der Waals surface area contributed by atoms with E-state index >= 15 is 0 Å². The Hall–Kier alpha value is -0.920. The maximum absolute atomic E-state index is 11.2. The predicted molar refractivity (Wildman–Crippen MR) is 67.9 cm³/mol. The van der Waals surface area contributed by atoms with E-state index in [1.165, 1.54) is 7.05 Å². The molecule has 0 aromatic carbocycles. The second-order valence-electron chi connectivity index (χ2n) is 3.54. The van der Waals surface area contributed by atoms with Crippen molar-refractivity contribution in [2.45, 2.75) is 13.8 Å². The van der Waals surface area contributed by atoms with Gasteiger partial charge in [0.2, 0.25) is 10.0 Å². The molecule has 1 aromatic rings. The maximum atomic E-state index is 11.2. The highest BCUT2D eigenvalue weighted by atomic mass is 35.5. The van der Waals surface area contributed by atoms with Crippen molar-refractivity contribution in [2.24, 2.45) is 0 Å². The molecule has 0 saturated carbocycles. The van der Waals surface area contributed by atoms with E-state index in [-0.39, 0.29) is 12.3 Å². The first kappa shape index (κ1) is 14.1. The zero-order valence-electron chi connectivity index (χ0n) is 9.91. The summed E-state index contributed by atoms with van der Waals surface area (Å²) in [7, 11) is -1.83. The van der Waals surface area contributed by atoms with Crippen LogP contribution in [-0.2, 0) is 10.0 Å². The van der Waals surface area contributed by atoms with Gasteiger partial charge in [-0.15, -0.1) is 10.2 Å². The lowest BCUT2D eigenvalue weighted by molar-refractivity contribution is 0.588. The second-order valence-corrected chi connectivity index (χ2v) is 5.94. The van der Waals surface area contributed by atoms with Crippen LogP contribution in [0.5, 0.6) is 0 Å². The van der Waals surface area contributed by atoms with Crippen LogP contribution < -0.4 is 10.0 Å². The van der Waals surface area contributed by atoms with Crippen LogP contribution in [0.15, 0.2) is 0 Å². The molecule has 0 fully saturated rings. The zero-order valence-corrected chi connectivity index (χ0v) is 11.5.